The van der Waals surface area contributed by atoms with Gasteiger partial charge in [-0.15, -0.1) is 0 Å². The van der Waals surface area contributed by atoms with Crippen molar-refractivity contribution in [3.05, 3.63) is 100 Å². The lowest BCUT2D eigenvalue weighted by Crippen LogP contribution is -2.38. The molecular weight excluding hydrogens is 591 g/mol. The SMILES string of the molecule is CN(C)CCOC(=O)c1ccc(F)c(NC(=O)CN(Cc2cccc(F)c2)C(=O)c2nn(C)c3c2COc2ccc(F)cc2-3)c1. The van der Waals surface area contributed by atoms with Gasteiger partial charge in [-0.25, -0.2) is 18.0 Å². The van der Waals surface area contributed by atoms with Crippen molar-refractivity contribution in [3.63, 3.8) is 0 Å². The average Bonchev–Trinajstić information content (AvgIpc) is 3.34. The molecule has 2 amide bonds. The number of aromatic nitrogens is 2. The number of nitrogens with zero attached hydrogens (tertiary/aromatic N) is 4. The highest BCUT2D eigenvalue weighted by molar-refractivity contribution is 6.01. The van der Waals surface area contributed by atoms with Crippen LogP contribution in [-0.2, 0) is 29.7 Å². The number of carbonyl (C=O) groups excluding carboxylic acids is 3. The van der Waals surface area contributed by atoms with Gasteiger partial charge in [0.2, 0.25) is 5.91 Å². The molecule has 13 heteroatoms. The number of esters is 1. The molecule has 0 radical (unpaired) electrons. The number of likely N-dealkylation sites (N-methyl/N-ethyl adjacent to an activating group) is 1. The minimum atomic E-state index is -0.807. The van der Waals surface area contributed by atoms with Gasteiger partial charge in [-0.3, -0.25) is 14.3 Å². The summed E-state index contributed by atoms with van der Waals surface area (Å²) in [6.45, 7) is -0.205. The monoisotopic (exact) mass is 621 g/mol. The molecule has 0 unspecified atom stereocenters. The van der Waals surface area contributed by atoms with E-state index in [0.717, 1.165) is 17.0 Å². The second kappa shape index (κ2) is 13.2. The number of hydrogen-bond donors (Lipinski definition) is 1. The third-order valence-electron chi connectivity index (χ3n) is 7.05. The standard InChI is InChI=1S/C32H30F3N5O5/c1-38(2)11-12-44-32(43)20-7-9-25(35)26(14-20)36-28(41)17-40(16-19-5-4-6-21(33)13-19)31(42)29-24-18-45-27-10-8-22(34)15-23(27)30(24)39(3)37-29/h4-10,13-15H,11-12,16-18H2,1-3H3,(H,36,41). The van der Waals surface area contributed by atoms with Crippen molar-refractivity contribution in [2.75, 3.05) is 39.1 Å². The number of nitrogens with one attached hydrogen (secondary N) is 1. The van der Waals surface area contributed by atoms with Crippen LogP contribution in [0.15, 0.2) is 60.7 Å². The highest BCUT2D eigenvalue weighted by Crippen LogP contribution is 2.39. The Hall–Kier alpha value is -5.17. The van der Waals surface area contributed by atoms with Crippen molar-refractivity contribution in [3.8, 4) is 17.0 Å². The van der Waals surface area contributed by atoms with Gasteiger partial charge in [-0.1, -0.05) is 12.1 Å². The molecule has 0 saturated heterocycles. The number of anilines is 1. The lowest BCUT2D eigenvalue weighted by molar-refractivity contribution is -0.117. The molecule has 0 bridgehead atoms. The minimum absolute atomic E-state index is 0.0231. The lowest BCUT2D eigenvalue weighted by atomic mass is 10.0. The van der Waals surface area contributed by atoms with Gasteiger partial charge >= 0.3 is 5.97 Å². The van der Waals surface area contributed by atoms with Gasteiger partial charge in [0.05, 0.1) is 16.9 Å². The predicted octanol–water partition coefficient (Wildman–Crippen LogP) is 4.40. The van der Waals surface area contributed by atoms with Crippen molar-refractivity contribution in [2.45, 2.75) is 13.2 Å². The van der Waals surface area contributed by atoms with E-state index in [-0.39, 0.29) is 36.7 Å². The molecule has 0 saturated carbocycles. The number of amides is 2. The molecule has 45 heavy (non-hydrogen) atoms. The molecule has 5 rings (SSSR count). The molecule has 0 atom stereocenters. The maximum absolute atomic E-state index is 14.7. The molecule has 2 heterocycles. The van der Waals surface area contributed by atoms with Gasteiger partial charge in [0.15, 0.2) is 5.69 Å². The molecule has 4 aromatic rings. The number of aryl methyl sites for hydroxylation is 1. The van der Waals surface area contributed by atoms with Crippen molar-refractivity contribution >= 4 is 23.5 Å². The summed E-state index contributed by atoms with van der Waals surface area (Å²) >= 11 is 0. The number of benzene rings is 3. The molecule has 1 aromatic heterocycles. The van der Waals surface area contributed by atoms with Gasteiger partial charge in [0.1, 0.15) is 43.0 Å². The van der Waals surface area contributed by atoms with E-state index >= 15 is 0 Å². The molecule has 0 spiro atoms. The van der Waals surface area contributed by atoms with Crippen LogP contribution in [0.2, 0.25) is 0 Å². The third-order valence-corrected chi connectivity index (χ3v) is 7.05. The number of ether oxygens (including phenoxy) is 2. The first kappa shape index (κ1) is 31.3. The fourth-order valence-corrected chi connectivity index (χ4v) is 4.90. The average molecular weight is 622 g/mol. The van der Waals surface area contributed by atoms with E-state index in [4.69, 9.17) is 9.47 Å². The Balaban J connectivity index is 1.40. The first-order chi connectivity index (χ1) is 21.5. The topological polar surface area (TPSA) is 106 Å². The zero-order valence-corrected chi connectivity index (χ0v) is 24.8. The van der Waals surface area contributed by atoms with E-state index in [1.54, 1.807) is 13.1 Å². The molecular formula is C32H30F3N5O5. The van der Waals surface area contributed by atoms with Crippen molar-refractivity contribution in [1.82, 2.24) is 19.6 Å². The fraction of sp³-hybridized carbons (Fsp3) is 0.250. The van der Waals surface area contributed by atoms with Crippen LogP contribution in [0.4, 0.5) is 18.9 Å². The molecule has 0 aliphatic carbocycles. The summed E-state index contributed by atoms with van der Waals surface area (Å²) in [5.41, 5.74) is 1.36. The van der Waals surface area contributed by atoms with E-state index in [2.05, 4.69) is 10.4 Å². The van der Waals surface area contributed by atoms with Crippen LogP contribution in [0.1, 0.15) is 32.0 Å². The van der Waals surface area contributed by atoms with Gasteiger partial charge in [0.25, 0.3) is 5.91 Å². The molecule has 1 N–H and O–H groups in total. The highest BCUT2D eigenvalue weighted by Gasteiger charge is 2.32. The van der Waals surface area contributed by atoms with Gasteiger partial charge in [-0.05, 0) is 68.2 Å². The Morgan fingerprint density at radius 3 is 2.56 bits per heavy atom. The molecule has 1 aliphatic rings. The lowest BCUT2D eigenvalue weighted by Gasteiger charge is -2.23. The molecule has 1 aliphatic heterocycles. The first-order valence-electron chi connectivity index (χ1n) is 13.9. The Labute approximate surface area is 256 Å². The van der Waals surface area contributed by atoms with Crippen molar-refractivity contribution in [1.29, 1.82) is 0 Å². The van der Waals surface area contributed by atoms with Gasteiger partial charge in [0, 0.05) is 31.3 Å². The molecule has 10 nitrogen and oxygen atoms in total. The van der Waals surface area contributed by atoms with Crippen LogP contribution in [-0.4, -0.2) is 71.2 Å². The summed E-state index contributed by atoms with van der Waals surface area (Å²) in [5.74, 6) is -3.59. The number of hydrogen-bond acceptors (Lipinski definition) is 7. The molecule has 3 aromatic carbocycles. The van der Waals surface area contributed by atoms with Crippen LogP contribution in [0.25, 0.3) is 11.3 Å². The second-order valence-corrected chi connectivity index (χ2v) is 10.7. The Bertz CT molecular complexity index is 1770. The van der Waals surface area contributed by atoms with Crippen LogP contribution in [0.3, 0.4) is 0 Å². The summed E-state index contributed by atoms with van der Waals surface area (Å²) in [4.78, 5) is 42.6. The highest BCUT2D eigenvalue weighted by atomic mass is 19.1. The normalized spacial score (nSPS) is 11.8. The third kappa shape index (κ3) is 7.15. The van der Waals surface area contributed by atoms with Crippen LogP contribution >= 0.6 is 0 Å². The molecule has 234 valence electrons. The van der Waals surface area contributed by atoms with Crippen LogP contribution in [0, 0.1) is 17.5 Å². The summed E-state index contributed by atoms with van der Waals surface area (Å²) < 4.78 is 55.2. The smallest absolute Gasteiger partial charge is 0.338 e. The number of halogens is 3. The predicted molar refractivity (Wildman–Crippen MR) is 158 cm³/mol. The largest absolute Gasteiger partial charge is 0.488 e. The van der Waals surface area contributed by atoms with Crippen LogP contribution < -0.4 is 10.1 Å². The number of fused-ring (bicyclic) bond motifs is 3. The quantitative estimate of drug-likeness (QED) is 0.262. The summed E-state index contributed by atoms with van der Waals surface area (Å²) in [5, 5.41) is 6.79. The van der Waals surface area contributed by atoms with Gasteiger partial charge in [-0.2, -0.15) is 5.10 Å². The summed E-state index contributed by atoms with van der Waals surface area (Å²) in [6.07, 6.45) is 0. The van der Waals surface area contributed by atoms with E-state index in [0.29, 0.717) is 34.7 Å². The van der Waals surface area contributed by atoms with Crippen molar-refractivity contribution < 1.29 is 37.0 Å². The minimum Gasteiger partial charge on any atom is -0.488 e. The van der Waals surface area contributed by atoms with E-state index in [1.807, 2.05) is 19.0 Å². The zero-order valence-electron chi connectivity index (χ0n) is 24.8. The maximum atomic E-state index is 14.7. The maximum Gasteiger partial charge on any atom is 0.338 e. The Kier molecular flexibility index (Phi) is 9.18. The Morgan fingerprint density at radius 2 is 1.80 bits per heavy atom. The van der Waals surface area contributed by atoms with Crippen LogP contribution in [0.5, 0.6) is 5.75 Å². The zero-order chi connectivity index (χ0) is 32.2. The van der Waals surface area contributed by atoms with E-state index < -0.39 is 41.8 Å². The van der Waals surface area contributed by atoms with Crippen molar-refractivity contribution in [2.24, 2.45) is 7.05 Å². The summed E-state index contributed by atoms with van der Waals surface area (Å²) in [6, 6.07) is 12.9. The number of carbonyl (C=O) groups is 3. The fourth-order valence-electron chi connectivity index (χ4n) is 4.90. The summed E-state index contributed by atoms with van der Waals surface area (Å²) in [7, 11) is 5.23. The second-order valence-electron chi connectivity index (χ2n) is 10.7. The van der Waals surface area contributed by atoms with E-state index in [9.17, 15) is 27.6 Å². The first-order valence-corrected chi connectivity index (χ1v) is 13.9. The number of rotatable bonds is 10. The van der Waals surface area contributed by atoms with Gasteiger partial charge < -0.3 is 24.6 Å². The molecule has 0 fully saturated rings. The Morgan fingerprint density at radius 1 is 1.02 bits per heavy atom. The van der Waals surface area contributed by atoms with E-state index in [1.165, 1.54) is 47.1 Å².